The van der Waals surface area contributed by atoms with E-state index in [9.17, 15) is 9.59 Å². The monoisotopic (exact) mass is 359 g/mol. The number of halogens is 1. The van der Waals surface area contributed by atoms with E-state index in [0.717, 1.165) is 12.0 Å². The lowest BCUT2D eigenvalue weighted by Gasteiger charge is -2.08. The second-order valence-corrected chi connectivity index (χ2v) is 6.17. The van der Waals surface area contributed by atoms with Crippen molar-refractivity contribution in [2.75, 3.05) is 11.9 Å². The number of hydrogen-bond acceptors (Lipinski definition) is 4. The molecule has 1 saturated carbocycles. The van der Waals surface area contributed by atoms with Gasteiger partial charge >= 0.3 is 12.1 Å². The van der Waals surface area contributed by atoms with Gasteiger partial charge in [0, 0.05) is 16.8 Å². The zero-order valence-corrected chi connectivity index (χ0v) is 14.5. The van der Waals surface area contributed by atoms with Gasteiger partial charge in [0.2, 0.25) is 0 Å². The summed E-state index contributed by atoms with van der Waals surface area (Å²) in [6, 6.07) is 14.2. The van der Waals surface area contributed by atoms with Gasteiger partial charge in [-0.2, -0.15) is 0 Å². The van der Waals surface area contributed by atoms with Crippen LogP contribution in [0.1, 0.15) is 24.8 Å². The van der Waals surface area contributed by atoms with E-state index >= 15 is 0 Å². The molecule has 0 bridgehead atoms. The number of rotatable bonds is 5. The number of carbonyl (C=O) groups excluding carboxylic acids is 2. The third-order valence-electron chi connectivity index (χ3n) is 3.97. The zero-order valence-electron chi connectivity index (χ0n) is 13.7. The lowest BCUT2D eigenvalue weighted by Crippen LogP contribution is -2.14. The van der Waals surface area contributed by atoms with Gasteiger partial charge in [-0.15, -0.1) is 0 Å². The molecule has 0 aliphatic heterocycles. The van der Waals surface area contributed by atoms with Crippen LogP contribution in [0.15, 0.2) is 48.5 Å². The summed E-state index contributed by atoms with van der Waals surface area (Å²) in [5.74, 6) is -0.00840. The van der Waals surface area contributed by atoms with Crippen molar-refractivity contribution < 1.29 is 19.1 Å². The summed E-state index contributed by atoms with van der Waals surface area (Å²) in [5.41, 5.74) is 1.48. The molecule has 5 nitrogen and oxygen atoms in total. The number of amides is 1. The third kappa shape index (κ3) is 4.31. The van der Waals surface area contributed by atoms with Gasteiger partial charge in [0.25, 0.3) is 0 Å². The smallest absolute Gasteiger partial charge is 0.411 e. The van der Waals surface area contributed by atoms with Gasteiger partial charge in [-0.1, -0.05) is 35.9 Å². The van der Waals surface area contributed by atoms with Crippen LogP contribution in [0, 0.1) is 5.92 Å². The van der Waals surface area contributed by atoms with E-state index in [2.05, 4.69) is 5.32 Å². The first-order valence-electron chi connectivity index (χ1n) is 8.08. The molecule has 1 aliphatic carbocycles. The fourth-order valence-corrected chi connectivity index (χ4v) is 2.97. The first-order valence-corrected chi connectivity index (χ1v) is 8.46. The molecule has 2 aromatic carbocycles. The van der Waals surface area contributed by atoms with Crippen molar-refractivity contribution in [3.63, 3.8) is 0 Å². The third-order valence-corrected chi connectivity index (χ3v) is 4.32. The molecule has 6 heteroatoms. The number of carbonyl (C=O) groups is 2. The first kappa shape index (κ1) is 17.3. The van der Waals surface area contributed by atoms with E-state index < -0.39 is 6.09 Å². The SMILES string of the molecule is CCOC(=O)Nc1cccc(OC(=O)C2CC2c2ccccc2Cl)c1. The highest BCUT2D eigenvalue weighted by molar-refractivity contribution is 6.31. The topological polar surface area (TPSA) is 64.6 Å². The highest BCUT2D eigenvalue weighted by Crippen LogP contribution is 2.50. The predicted octanol–water partition coefficient (Wildman–Crippen LogP) is 4.62. The Balaban J connectivity index is 1.61. The van der Waals surface area contributed by atoms with Crippen molar-refractivity contribution in [1.82, 2.24) is 0 Å². The molecule has 25 heavy (non-hydrogen) atoms. The molecule has 2 aromatic rings. The van der Waals surface area contributed by atoms with Crippen molar-refractivity contribution in [3.05, 3.63) is 59.1 Å². The molecular weight excluding hydrogens is 342 g/mol. The lowest BCUT2D eigenvalue weighted by atomic mass is 10.1. The van der Waals surface area contributed by atoms with E-state index in [1.165, 1.54) is 0 Å². The second kappa shape index (κ2) is 7.57. The van der Waals surface area contributed by atoms with Gasteiger partial charge < -0.3 is 9.47 Å². The Kier molecular flexibility index (Phi) is 5.24. The second-order valence-electron chi connectivity index (χ2n) is 5.76. The normalized spacial score (nSPS) is 18.3. The van der Waals surface area contributed by atoms with E-state index in [0.29, 0.717) is 16.5 Å². The number of anilines is 1. The largest absolute Gasteiger partial charge is 0.450 e. The minimum absolute atomic E-state index is 0.0991. The maximum Gasteiger partial charge on any atom is 0.411 e. The molecule has 0 heterocycles. The summed E-state index contributed by atoms with van der Waals surface area (Å²) in [6.07, 6.45) is 0.176. The zero-order chi connectivity index (χ0) is 17.8. The van der Waals surface area contributed by atoms with Crippen molar-refractivity contribution in [3.8, 4) is 5.75 Å². The molecule has 130 valence electrons. The molecule has 1 fully saturated rings. The van der Waals surface area contributed by atoms with Crippen LogP contribution >= 0.6 is 11.6 Å². The quantitative estimate of drug-likeness (QED) is 0.625. The fourth-order valence-electron chi connectivity index (χ4n) is 2.69. The highest BCUT2D eigenvalue weighted by atomic mass is 35.5. The summed E-state index contributed by atoms with van der Waals surface area (Å²) in [4.78, 5) is 23.8. The molecular formula is C19H18ClNO4. The maximum absolute atomic E-state index is 12.3. The molecule has 0 saturated heterocycles. The number of esters is 1. The van der Waals surface area contributed by atoms with Gasteiger partial charge in [-0.25, -0.2) is 4.79 Å². The van der Waals surface area contributed by atoms with Crippen molar-refractivity contribution in [1.29, 1.82) is 0 Å². The molecule has 0 radical (unpaired) electrons. The van der Waals surface area contributed by atoms with Gasteiger partial charge in [0.1, 0.15) is 5.75 Å². The van der Waals surface area contributed by atoms with Crippen molar-refractivity contribution in [2.45, 2.75) is 19.3 Å². The first-order chi connectivity index (χ1) is 12.1. The molecule has 3 rings (SSSR count). The summed E-state index contributed by atoms with van der Waals surface area (Å²) in [5, 5.41) is 3.24. The molecule has 1 N–H and O–H groups in total. The van der Waals surface area contributed by atoms with Crippen molar-refractivity contribution >= 4 is 29.4 Å². The Hall–Kier alpha value is -2.53. The Labute approximate surface area is 150 Å². The molecule has 1 amide bonds. The Morgan fingerprint density at radius 1 is 1.20 bits per heavy atom. The van der Waals surface area contributed by atoms with E-state index in [4.69, 9.17) is 21.1 Å². The maximum atomic E-state index is 12.3. The number of nitrogens with one attached hydrogen (secondary N) is 1. The number of ether oxygens (including phenoxy) is 2. The van der Waals surface area contributed by atoms with Crippen molar-refractivity contribution in [2.24, 2.45) is 5.92 Å². The van der Waals surface area contributed by atoms with Gasteiger partial charge in [0.15, 0.2) is 0 Å². The Morgan fingerprint density at radius 2 is 2.00 bits per heavy atom. The summed E-state index contributed by atoms with van der Waals surface area (Å²) < 4.78 is 10.3. The number of hydrogen-bond donors (Lipinski definition) is 1. The summed E-state index contributed by atoms with van der Waals surface area (Å²) in [7, 11) is 0. The van der Waals surface area contributed by atoms with Crippen LogP contribution in [0.2, 0.25) is 5.02 Å². The Morgan fingerprint density at radius 3 is 2.76 bits per heavy atom. The highest BCUT2D eigenvalue weighted by Gasteiger charge is 2.46. The fraction of sp³-hybridized carbons (Fsp3) is 0.263. The minimum Gasteiger partial charge on any atom is -0.450 e. The van der Waals surface area contributed by atoms with Crippen LogP contribution in [0.4, 0.5) is 10.5 Å². The van der Waals surface area contributed by atoms with Crippen LogP contribution in [-0.4, -0.2) is 18.7 Å². The molecule has 0 aromatic heterocycles. The Bertz CT molecular complexity index is 792. The van der Waals surface area contributed by atoms with Gasteiger partial charge in [-0.05, 0) is 43.0 Å². The molecule has 0 spiro atoms. The number of benzene rings is 2. The van der Waals surface area contributed by atoms with Gasteiger partial charge in [-0.3, -0.25) is 10.1 Å². The predicted molar refractivity (Wildman–Crippen MR) is 95.0 cm³/mol. The minimum atomic E-state index is -0.549. The molecule has 2 unspecified atom stereocenters. The van der Waals surface area contributed by atoms with Crippen LogP contribution in [0.25, 0.3) is 0 Å². The molecule has 2 atom stereocenters. The van der Waals surface area contributed by atoms with Gasteiger partial charge in [0.05, 0.1) is 12.5 Å². The standard InChI is InChI=1S/C19H18ClNO4/c1-2-24-19(23)21-12-6-5-7-13(10-12)25-18(22)16-11-15(16)14-8-3-4-9-17(14)20/h3-10,15-16H,2,11H2,1H3,(H,21,23). The van der Waals surface area contributed by atoms with E-state index in [-0.39, 0.29) is 24.4 Å². The average Bonchev–Trinajstić information content (AvgIpc) is 3.36. The van der Waals surface area contributed by atoms with Crippen LogP contribution in [0.3, 0.4) is 0 Å². The summed E-state index contributed by atoms with van der Waals surface area (Å²) >= 11 is 6.18. The average molecular weight is 360 g/mol. The lowest BCUT2D eigenvalue weighted by molar-refractivity contribution is -0.135. The van der Waals surface area contributed by atoms with Crippen LogP contribution < -0.4 is 10.1 Å². The molecule has 1 aliphatic rings. The van der Waals surface area contributed by atoms with Crippen LogP contribution in [0.5, 0.6) is 5.75 Å². The van der Waals surface area contributed by atoms with E-state index in [1.54, 1.807) is 31.2 Å². The van der Waals surface area contributed by atoms with E-state index in [1.807, 2.05) is 24.3 Å². The summed E-state index contributed by atoms with van der Waals surface area (Å²) in [6.45, 7) is 2.01. The van der Waals surface area contributed by atoms with Crippen LogP contribution in [-0.2, 0) is 9.53 Å².